The number of pyridine rings is 1. The Bertz CT molecular complexity index is 433. The maximum Gasteiger partial charge on any atom is 0.390 e. The van der Waals surface area contributed by atoms with Gasteiger partial charge in [0.15, 0.2) is 5.84 Å². The van der Waals surface area contributed by atoms with Crippen LogP contribution in [0.15, 0.2) is 23.6 Å². The number of rotatable bonds is 4. The Morgan fingerprint density at radius 2 is 2.22 bits per heavy atom. The number of nitrogens with zero attached hydrogens (tertiary/aromatic N) is 3. The minimum atomic E-state index is -4.23. The summed E-state index contributed by atoms with van der Waals surface area (Å²) in [6.07, 6.45) is -2.40. The van der Waals surface area contributed by atoms with Crippen molar-refractivity contribution >= 4 is 11.5 Å². The van der Waals surface area contributed by atoms with E-state index in [1.807, 2.05) is 0 Å². The van der Waals surface area contributed by atoms with Gasteiger partial charge in [-0.25, -0.2) is 0 Å². The lowest BCUT2D eigenvalue weighted by molar-refractivity contribution is -0.132. The van der Waals surface area contributed by atoms with Gasteiger partial charge in [0.1, 0.15) is 0 Å². The van der Waals surface area contributed by atoms with Crippen LogP contribution in [0.25, 0.3) is 0 Å². The first kappa shape index (κ1) is 14.1. The lowest BCUT2D eigenvalue weighted by Gasteiger charge is -2.22. The molecule has 100 valence electrons. The van der Waals surface area contributed by atoms with Gasteiger partial charge in [0.05, 0.1) is 18.3 Å². The van der Waals surface area contributed by atoms with Crippen LogP contribution >= 0.6 is 0 Å². The van der Waals surface area contributed by atoms with Crippen molar-refractivity contribution in [1.82, 2.24) is 4.98 Å². The van der Waals surface area contributed by atoms with Gasteiger partial charge < -0.3 is 15.8 Å². The summed E-state index contributed by atoms with van der Waals surface area (Å²) in [6.45, 7) is -0.235. The molecule has 0 radical (unpaired) electrons. The summed E-state index contributed by atoms with van der Waals surface area (Å²) in [5.41, 5.74) is 6.14. The third-order valence-corrected chi connectivity index (χ3v) is 2.33. The summed E-state index contributed by atoms with van der Waals surface area (Å²) >= 11 is 0. The van der Waals surface area contributed by atoms with E-state index in [2.05, 4.69) is 10.1 Å². The van der Waals surface area contributed by atoms with Crippen molar-refractivity contribution in [2.75, 3.05) is 18.5 Å². The van der Waals surface area contributed by atoms with Crippen LogP contribution < -0.4 is 10.6 Å². The van der Waals surface area contributed by atoms with E-state index in [-0.39, 0.29) is 12.4 Å². The zero-order chi connectivity index (χ0) is 13.8. The van der Waals surface area contributed by atoms with Crippen molar-refractivity contribution in [3.8, 4) is 0 Å². The molecule has 0 bridgehead atoms. The Labute approximate surface area is 102 Å². The highest BCUT2D eigenvalue weighted by molar-refractivity contribution is 6.01. The number of anilines is 1. The van der Waals surface area contributed by atoms with Crippen LogP contribution in [-0.4, -0.2) is 35.8 Å². The van der Waals surface area contributed by atoms with Gasteiger partial charge in [0.2, 0.25) is 0 Å². The van der Waals surface area contributed by atoms with Gasteiger partial charge >= 0.3 is 6.18 Å². The molecule has 0 fully saturated rings. The Morgan fingerprint density at radius 3 is 2.78 bits per heavy atom. The molecule has 0 aromatic carbocycles. The predicted octanol–water partition coefficient (Wildman–Crippen LogP) is 1.56. The summed E-state index contributed by atoms with van der Waals surface area (Å²) in [5, 5.41) is 11.4. The molecule has 0 unspecified atom stereocenters. The number of aromatic nitrogens is 1. The van der Waals surface area contributed by atoms with E-state index < -0.39 is 12.6 Å². The third kappa shape index (κ3) is 3.79. The van der Waals surface area contributed by atoms with Crippen molar-refractivity contribution in [3.63, 3.8) is 0 Å². The molecule has 0 spiro atoms. The van der Waals surface area contributed by atoms with Gasteiger partial charge in [-0.15, -0.1) is 0 Å². The van der Waals surface area contributed by atoms with Crippen molar-refractivity contribution in [1.29, 1.82) is 0 Å². The first-order valence-corrected chi connectivity index (χ1v) is 5.05. The first-order chi connectivity index (χ1) is 8.35. The zero-order valence-electron chi connectivity index (χ0n) is 9.65. The van der Waals surface area contributed by atoms with Crippen LogP contribution in [0, 0.1) is 0 Å². The minimum Gasteiger partial charge on any atom is -0.409 e. The molecule has 3 N–H and O–H groups in total. The highest BCUT2D eigenvalue weighted by Crippen LogP contribution is 2.23. The van der Waals surface area contributed by atoms with E-state index in [0.717, 1.165) is 0 Å². The van der Waals surface area contributed by atoms with Crippen LogP contribution in [-0.2, 0) is 0 Å². The average Bonchev–Trinajstić information content (AvgIpc) is 2.34. The number of nitrogens with two attached hydrogens (primary N) is 1. The fourth-order valence-corrected chi connectivity index (χ4v) is 1.38. The molecule has 1 rings (SSSR count). The van der Waals surface area contributed by atoms with Crippen molar-refractivity contribution < 1.29 is 18.4 Å². The van der Waals surface area contributed by atoms with Crippen LogP contribution in [0.4, 0.5) is 18.9 Å². The maximum atomic E-state index is 12.1. The lowest BCUT2D eigenvalue weighted by Crippen LogP contribution is -2.27. The molecule has 1 aromatic rings. The molecule has 5 nitrogen and oxygen atoms in total. The number of alkyl halides is 3. The van der Waals surface area contributed by atoms with Crippen LogP contribution in [0.2, 0.25) is 0 Å². The van der Waals surface area contributed by atoms with E-state index in [1.165, 1.54) is 30.4 Å². The fraction of sp³-hybridized carbons (Fsp3) is 0.400. The number of oxime groups is 1. The quantitative estimate of drug-likeness (QED) is 0.374. The van der Waals surface area contributed by atoms with Crippen molar-refractivity contribution in [2.45, 2.75) is 12.6 Å². The molecule has 0 aliphatic carbocycles. The molecule has 0 saturated heterocycles. The Balaban J connectivity index is 2.89. The van der Waals surface area contributed by atoms with E-state index in [0.29, 0.717) is 11.3 Å². The van der Waals surface area contributed by atoms with Gasteiger partial charge in [-0.05, 0) is 6.07 Å². The second kappa shape index (κ2) is 5.56. The van der Waals surface area contributed by atoms with Gasteiger partial charge in [0, 0.05) is 25.4 Å². The molecular formula is C10H13F3N4O. The number of hydrogen-bond acceptors (Lipinski definition) is 4. The van der Waals surface area contributed by atoms with Crippen molar-refractivity contribution in [2.24, 2.45) is 10.9 Å². The summed E-state index contributed by atoms with van der Waals surface area (Å²) < 4.78 is 36.4. The largest absolute Gasteiger partial charge is 0.409 e. The fourth-order valence-electron chi connectivity index (χ4n) is 1.38. The lowest BCUT2D eigenvalue weighted by atomic mass is 10.2. The maximum absolute atomic E-state index is 12.1. The topological polar surface area (TPSA) is 74.7 Å². The zero-order valence-corrected chi connectivity index (χ0v) is 9.65. The van der Waals surface area contributed by atoms with Crippen LogP contribution in [0.1, 0.15) is 12.0 Å². The molecule has 0 amide bonds. The normalized spacial score (nSPS) is 12.6. The van der Waals surface area contributed by atoms with E-state index in [1.54, 1.807) is 0 Å². The molecule has 1 heterocycles. The number of hydrogen-bond donors (Lipinski definition) is 2. The number of amidine groups is 1. The average molecular weight is 262 g/mol. The molecule has 8 heteroatoms. The molecule has 0 aliphatic rings. The SMILES string of the molecule is CN(CCC(F)(F)F)c1cnccc1/C(N)=N/O. The Morgan fingerprint density at radius 1 is 1.56 bits per heavy atom. The number of halogens is 3. The van der Waals surface area contributed by atoms with Crippen LogP contribution in [0.5, 0.6) is 0 Å². The molecule has 0 saturated carbocycles. The van der Waals surface area contributed by atoms with E-state index in [4.69, 9.17) is 10.9 Å². The molecule has 0 atom stereocenters. The molecule has 18 heavy (non-hydrogen) atoms. The first-order valence-electron chi connectivity index (χ1n) is 5.05. The molecule has 1 aromatic heterocycles. The molecular weight excluding hydrogens is 249 g/mol. The van der Waals surface area contributed by atoms with Crippen LogP contribution in [0.3, 0.4) is 0 Å². The minimum absolute atomic E-state index is 0.175. The summed E-state index contributed by atoms with van der Waals surface area (Å²) in [4.78, 5) is 5.17. The van der Waals surface area contributed by atoms with Gasteiger partial charge in [-0.3, -0.25) is 4.98 Å². The Kier molecular flexibility index (Phi) is 4.35. The van der Waals surface area contributed by atoms with Gasteiger partial charge in [0.25, 0.3) is 0 Å². The molecule has 0 aliphatic heterocycles. The van der Waals surface area contributed by atoms with Gasteiger partial charge in [-0.2, -0.15) is 13.2 Å². The standard InChI is InChI=1S/C10H13F3N4O/c1-17(5-3-10(11,12)13)8-6-15-4-2-7(8)9(14)16-18/h2,4,6,18H,3,5H2,1H3,(H2,14,16). The summed E-state index contributed by atoms with van der Waals surface area (Å²) in [5.74, 6) is -0.175. The third-order valence-electron chi connectivity index (χ3n) is 2.33. The van der Waals surface area contributed by atoms with E-state index >= 15 is 0 Å². The highest BCUT2D eigenvalue weighted by Gasteiger charge is 2.27. The second-order valence-electron chi connectivity index (χ2n) is 3.66. The second-order valence-corrected chi connectivity index (χ2v) is 3.66. The predicted molar refractivity (Wildman–Crippen MR) is 60.7 cm³/mol. The Hall–Kier alpha value is -1.99. The highest BCUT2D eigenvalue weighted by atomic mass is 19.4. The van der Waals surface area contributed by atoms with Crippen molar-refractivity contribution in [3.05, 3.63) is 24.0 Å². The summed E-state index contributed by atoms with van der Waals surface area (Å²) in [6, 6.07) is 1.47. The summed E-state index contributed by atoms with van der Waals surface area (Å²) in [7, 11) is 1.48. The van der Waals surface area contributed by atoms with Gasteiger partial charge in [-0.1, -0.05) is 5.16 Å². The smallest absolute Gasteiger partial charge is 0.390 e. The van der Waals surface area contributed by atoms with E-state index in [9.17, 15) is 13.2 Å². The monoisotopic (exact) mass is 262 g/mol.